The van der Waals surface area contributed by atoms with Crippen LogP contribution in [0.15, 0.2) is 78.1 Å². The molecule has 0 unspecified atom stereocenters. The summed E-state index contributed by atoms with van der Waals surface area (Å²) >= 11 is 1.36. The van der Waals surface area contributed by atoms with Crippen molar-refractivity contribution in [3.05, 3.63) is 95.6 Å². The van der Waals surface area contributed by atoms with Crippen LogP contribution in [0.1, 0.15) is 34.4 Å². The number of thioether (sulfide) groups is 1. The summed E-state index contributed by atoms with van der Waals surface area (Å²) in [7, 11) is 2.01. The monoisotopic (exact) mass is 459 g/mol. The van der Waals surface area contributed by atoms with E-state index in [9.17, 15) is 9.59 Å². The summed E-state index contributed by atoms with van der Waals surface area (Å²) in [4.78, 5) is 23.9. The van der Waals surface area contributed by atoms with Gasteiger partial charge in [0.05, 0.1) is 12.3 Å². The molecule has 2 aromatic heterocycles. The molecule has 4 rings (SSSR count). The average molecular weight is 460 g/mol. The molecule has 0 aliphatic rings. The standard InChI is InChI=1S/C25H25N5O2S/c1-18(31)20-10-12-21(13-11-20)26-24(32)17-33-25-28-27-23(15-22-9-6-14-29(22)2)30(25)16-19-7-4-3-5-8-19/h3-14H,15-17H2,1-2H3,(H,26,32). The van der Waals surface area contributed by atoms with Gasteiger partial charge in [0.1, 0.15) is 5.82 Å². The fourth-order valence-corrected chi connectivity index (χ4v) is 4.20. The molecular weight excluding hydrogens is 434 g/mol. The molecule has 0 saturated carbocycles. The molecule has 0 spiro atoms. The fourth-order valence-electron chi connectivity index (χ4n) is 3.44. The van der Waals surface area contributed by atoms with E-state index in [2.05, 4.69) is 42.8 Å². The highest BCUT2D eigenvalue weighted by Crippen LogP contribution is 2.21. The number of hydrogen-bond donors (Lipinski definition) is 1. The molecule has 168 valence electrons. The van der Waals surface area contributed by atoms with Crippen LogP contribution >= 0.6 is 11.8 Å². The Morgan fingerprint density at radius 3 is 2.39 bits per heavy atom. The predicted molar refractivity (Wildman–Crippen MR) is 130 cm³/mol. The van der Waals surface area contributed by atoms with Gasteiger partial charge in [-0.2, -0.15) is 0 Å². The molecule has 0 fully saturated rings. The second-order valence-corrected chi connectivity index (χ2v) is 8.67. The molecule has 33 heavy (non-hydrogen) atoms. The SMILES string of the molecule is CC(=O)c1ccc(NC(=O)CSc2nnc(Cc3cccn3C)n2Cc2ccccc2)cc1. The quantitative estimate of drug-likeness (QED) is 0.300. The van der Waals surface area contributed by atoms with Gasteiger partial charge in [0.2, 0.25) is 5.91 Å². The third kappa shape index (κ3) is 5.78. The van der Waals surface area contributed by atoms with Crippen molar-refractivity contribution < 1.29 is 9.59 Å². The molecule has 2 heterocycles. The molecule has 8 heteroatoms. The summed E-state index contributed by atoms with van der Waals surface area (Å²) in [6.45, 7) is 2.14. The highest BCUT2D eigenvalue weighted by atomic mass is 32.2. The van der Waals surface area contributed by atoms with Crippen molar-refractivity contribution in [3.8, 4) is 0 Å². The van der Waals surface area contributed by atoms with E-state index in [1.165, 1.54) is 18.7 Å². The van der Waals surface area contributed by atoms with E-state index in [1.807, 2.05) is 37.5 Å². The molecule has 7 nitrogen and oxygen atoms in total. The van der Waals surface area contributed by atoms with Crippen molar-refractivity contribution in [2.45, 2.75) is 25.0 Å². The van der Waals surface area contributed by atoms with E-state index in [1.54, 1.807) is 24.3 Å². The summed E-state index contributed by atoms with van der Waals surface area (Å²) in [5, 5.41) is 12.4. The Morgan fingerprint density at radius 2 is 1.73 bits per heavy atom. The number of carbonyl (C=O) groups is 2. The second-order valence-electron chi connectivity index (χ2n) is 7.73. The van der Waals surface area contributed by atoms with Gasteiger partial charge in [-0.25, -0.2) is 0 Å². The number of rotatable bonds is 9. The molecule has 0 aliphatic heterocycles. The van der Waals surface area contributed by atoms with Crippen molar-refractivity contribution in [2.75, 3.05) is 11.1 Å². The minimum Gasteiger partial charge on any atom is -0.354 e. The Kier molecular flexibility index (Phi) is 7.04. The van der Waals surface area contributed by atoms with Crippen LogP contribution in [-0.4, -0.2) is 36.8 Å². The molecule has 1 amide bonds. The first-order chi connectivity index (χ1) is 16.0. The van der Waals surface area contributed by atoms with Crippen LogP contribution < -0.4 is 5.32 Å². The molecule has 0 aliphatic carbocycles. The maximum Gasteiger partial charge on any atom is 0.234 e. The molecule has 0 atom stereocenters. The van der Waals surface area contributed by atoms with Crippen LogP contribution in [0.3, 0.4) is 0 Å². The maximum atomic E-state index is 12.5. The Hall–Kier alpha value is -3.65. The summed E-state index contributed by atoms with van der Waals surface area (Å²) < 4.78 is 4.14. The zero-order valence-electron chi connectivity index (χ0n) is 18.6. The highest BCUT2D eigenvalue weighted by molar-refractivity contribution is 7.99. The number of hydrogen-bond acceptors (Lipinski definition) is 5. The first-order valence-corrected chi connectivity index (χ1v) is 11.6. The molecule has 0 saturated heterocycles. The molecule has 1 N–H and O–H groups in total. The van der Waals surface area contributed by atoms with Crippen molar-refractivity contribution in [3.63, 3.8) is 0 Å². The van der Waals surface area contributed by atoms with Crippen molar-refractivity contribution in [1.82, 2.24) is 19.3 Å². The Balaban J connectivity index is 1.47. The second kappa shape index (κ2) is 10.3. The number of anilines is 1. The van der Waals surface area contributed by atoms with E-state index < -0.39 is 0 Å². The van der Waals surface area contributed by atoms with Gasteiger partial charge >= 0.3 is 0 Å². The zero-order chi connectivity index (χ0) is 23.2. The lowest BCUT2D eigenvalue weighted by Crippen LogP contribution is -2.15. The summed E-state index contributed by atoms with van der Waals surface area (Å²) in [5.41, 5.74) is 3.55. The first-order valence-electron chi connectivity index (χ1n) is 10.6. The zero-order valence-corrected chi connectivity index (χ0v) is 19.4. The lowest BCUT2D eigenvalue weighted by atomic mass is 10.1. The van der Waals surface area contributed by atoms with Crippen LogP contribution in [0, 0.1) is 0 Å². The maximum absolute atomic E-state index is 12.5. The number of nitrogens with one attached hydrogen (secondary N) is 1. The predicted octanol–water partition coefficient (Wildman–Crippen LogP) is 4.19. The normalized spacial score (nSPS) is 10.8. The third-order valence-corrected chi connectivity index (χ3v) is 6.24. The van der Waals surface area contributed by atoms with Crippen LogP contribution in [0.5, 0.6) is 0 Å². The van der Waals surface area contributed by atoms with Gasteiger partial charge in [-0.1, -0.05) is 42.1 Å². The summed E-state index contributed by atoms with van der Waals surface area (Å²) in [5.74, 6) is 0.899. The Bertz CT molecular complexity index is 1250. The minimum absolute atomic E-state index is 0.00710. The largest absolute Gasteiger partial charge is 0.354 e. The van der Waals surface area contributed by atoms with E-state index in [0.29, 0.717) is 29.4 Å². The summed E-state index contributed by atoms with van der Waals surface area (Å²) in [6.07, 6.45) is 2.66. The van der Waals surface area contributed by atoms with E-state index in [-0.39, 0.29) is 17.4 Å². The Labute approximate surface area is 196 Å². The number of aryl methyl sites for hydroxylation is 1. The lowest BCUT2D eigenvalue weighted by Gasteiger charge is -2.11. The minimum atomic E-state index is -0.145. The first kappa shape index (κ1) is 22.5. The van der Waals surface area contributed by atoms with E-state index in [0.717, 1.165) is 17.1 Å². The van der Waals surface area contributed by atoms with Crippen molar-refractivity contribution in [2.24, 2.45) is 7.05 Å². The van der Waals surface area contributed by atoms with Gasteiger partial charge in [0.25, 0.3) is 0 Å². The average Bonchev–Trinajstić information content (AvgIpc) is 3.39. The number of nitrogens with zero attached hydrogens (tertiary/aromatic N) is 4. The molecule has 2 aromatic carbocycles. The number of aromatic nitrogens is 4. The van der Waals surface area contributed by atoms with Gasteiger partial charge < -0.3 is 14.5 Å². The Morgan fingerprint density at radius 1 is 0.970 bits per heavy atom. The summed E-state index contributed by atoms with van der Waals surface area (Å²) in [6, 6.07) is 21.1. The third-order valence-electron chi connectivity index (χ3n) is 5.28. The van der Waals surface area contributed by atoms with Gasteiger partial charge in [0.15, 0.2) is 10.9 Å². The molecule has 0 radical (unpaired) electrons. The molecular formula is C25H25N5O2S. The molecule has 4 aromatic rings. The van der Waals surface area contributed by atoms with Crippen LogP contribution in [0.2, 0.25) is 0 Å². The van der Waals surface area contributed by atoms with Gasteiger partial charge in [-0.15, -0.1) is 10.2 Å². The highest BCUT2D eigenvalue weighted by Gasteiger charge is 2.16. The van der Waals surface area contributed by atoms with Crippen LogP contribution in [0.25, 0.3) is 0 Å². The van der Waals surface area contributed by atoms with Gasteiger partial charge in [-0.05, 0) is 48.9 Å². The van der Waals surface area contributed by atoms with Crippen LogP contribution in [0.4, 0.5) is 5.69 Å². The number of benzene rings is 2. The van der Waals surface area contributed by atoms with Gasteiger partial charge in [0, 0.05) is 36.6 Å². The van der Waals surface area contributed by atoms with Crippen molar-refractivity contribution in [1.29, 1.82) is 0 Å². The topological polar surface area (TPSA) is 81.8 Å². The van der Waals surface area contributed by atoms with Gasteiger partial charge in [-0.3, -0.25) is 9.59 Å². The molecule has 0 bridgehead atoms. The number of amides is 1. The lowest BCUT2D eigenvalue weighted by molar-refractivity contribution is -0.113. The van der Waals surface area contributed by atoms with Crippen LogP contribution in [-0.2, 0) is 24.8 Å². The number of ketones is 1. The fraction of sp³-hybridized carbons (Fsp3) is 0.200. The van der Waals surface area contributed by atoms with E-state index in [4.69, 9.17) is 0 Å². The smallest absolute Gasteiger partial charge is 0.234 e. The van der Waals surface area contributed by atoms with E-state index >= 15 is 0 Å². The number of Topliss-reactive ketones (excluding diaryl/α,β-unsaturated/α-hetero) is 1. The van der Waals surface area contributed by atoms with Crippen molar-refractivity contribution >= 4 is 29.1 Å². The number of carbonyl (C=O) groups excluding carboxylic acids is 2.